The molecule has 0 saturated heterocycles. The van der Waals surface area contributed by atoms with Crippen molar-refractivity contribution in [2.24, 2.45) is 0 Å². The minimum Gasteiger partial charge on any atom is -0.332 e. The molecule has 0 unspecified atom stereocenters. The van der Waals surface area contributed by atoms with Gasteiger partial charge in [-0.25, -0.2) is 8.42 Å². The van der Waals surface area contributed by atoms with Gasteiger partial charge in [-0.1, -0.05) is 0 Å². The van der Waals surface area contributed by atoms with Crippen LogP contribution in [0, 0.1) is 0 Å². The highest BCUT2D eigenvalue weighted by atomic mass is 32.2. The molecule has 150 valence electrons. The van der Waals surface area contributed by atoms with Crippen molar-refractivity contribution in [1.29, 1.82) is 0 Å². The molecule has 0 radical (unpaired) electrons. The molecule has 0 aromatic carbocycles. The quantitative estimate of drug-likeness (QED) is 0.726. The monoisotopic (exact) mass is 423 g/mol. The number of nitrogens with zero attached hydrogens (tertiary/aromatic N) is 5. The van der Waals surface area contributed by atoms with E-state index in [0.717, 1.165) is 10.4 Å². The van der Waals surface area contributed by atoms with Gasteiger partial charge >= 0.3 is 0 Å². The summed E-state index contributed by atoms with van der Waals surface area (Å²) in [5, 5.41) is 4.66. The highest BCUT2D eigenvalue weighted by Gasteiger charge is 2.38. The maximum absolute atomic E-state index is 13.0. The van der Waals surface area contributed by atoms with Crippen LogP contribution in [0.5, 0.6) is 0 Å². The predicted octanol–water partition coefficient (Wildman–Crippen LogP) is 0.760. The van der Waals surface area contributed by atoms with Crippen LogP contribution < -0.4 is 4.90 Å². The lowest BCUT2D eigenvalue weighted by atomic mass is 10.0. The number of hydrogen-bond donors (Lipinski definition) is 0. The highest BCUT2D eigenvalue weighted by molar-refractivity contribution is 7.89. The number of rotatable bonds is 3. The number of sulfonamides is 1. The number of anilines is 1. The van der Waals surface area contributed by atoms with Crippen molar-refractivity contribution in [3.8, 4) is 0 Å². The van der Waals surface area contributed by atoms with Crippen LogP contribution in [0.2, 0.25) is 0 Å². The van der Waals surface area contributed by atoms with Crippen LogP contribution in [-0.4, -0.2) is 66.4 Å². The van der Waals surface area contributed by atoms with Crippen molar-refractivity contribution in [2.75, 3.05) is 32.1 Å². The Hall–Kier alpha value is -2.24. The third-order valence-electron chi connectivity index (χ3n) is 5.19. The summed E-state index contributed by atoms with van der Waals surface area (Å²) in [6, 6.07) is 0. The first kappa shape index (κ1) is 19.1. The maximum Gasteiger partial charge on any atom is 0.257 e. The Labute approximate surface area is 167 Å². The second kappa shape index (κ2) is 6.68. The molecular weight excluding hydrogens is 402 g/mol. The average molecular weight is 424 g/mol. The summed E-state index contributed by atoms with van der Waals surface area (Å²) < 4.78 is 29.0. The molecule has 0 N–H and O–H groups in total. The molecule has 0 fully saturated rings. The molecular formula is C17H21N5O4S2. The molecule has 2 aliphatic heterocycles. The predicted molar refractivity (Wildman–Crippen MR) is 104 cm³/mol. The fourth-order valence-corrected chi connectivity index (χ4v) is 6.29. The molecule has 11 heteroatoms. The summed E-state index contributed by atoms with van der Waals surface area (Å²) in [5.74, 6) is -0.351. The fraction of sp³-hybridized carbons (Fsp3) is 0.471. The van der Waals surface area contributed by atoms with E-state index < -0.39 is 10.0 Å². The first-order valence-corrected chi connectivity index (χ1v) is 11.2. The van der Waals surface area contributed by atoms with Gasteiger partial charge in [0.1, 0.15) is 16.4 Å². The van der Waals surface area contributed by atoms with Crippen LogP contribution in [0.1, 0.15) is 27.7 Å². The smallest absolute Gasteiger partial charge is 0.257 e. The van der Waals surface area contributed by atoms with Gasteiger partial charge in [-0.3, -0.25) is 14.3 Å². The number of fused-ring (bicyclic) bond motifs is 3. The summed E-state index contributed by atoms with van der Waals surface area (Å²) in [6.45, 7) is 2.98. The molecule has 0 aliphatic carbocycles. The molecule has 0 spiro atoms. The Bertz CT molecular complexity index is 1070. The van der Waals surface area contributed by atoms with E-state index in [1.807, 2.05) is 6.92 Å². The van der Waals surface area contributed by atoms with Crippen LogP contribution in [0.3, 0.4) is 0 Å². The number of carbonyl (C=O) groups excluding carboxylic acids is 2. The van der Waals surface area contributed by atoms with Crippen LogP contribution >= 0.6 is 11.3 Å². The number of hydrogen-bond acceptors (Lipinski definition) is 6. The number of carbonyl (C=O) groups is 2. The summed E-state index contributed by atoms with van der Waals surface area (Å²) in [4.78, 5) is 29.0. The summed E-state index contributed by atoms with van der Waals surface area (Å²) in [5.41, 5.74) is 1.39. The lowest BCUT2D eigenvalue weighted by Gasteiger charge is -2.26. The van der Waals surface area contributed by atoms with E-state index in [4.69, 9.17) is 0 Å². The van der Waals surface area contributed by atoms with E-state index in [0.29, 0.717) is 23.5 Å². The van der Waals surface area contributed by atoms with E-state index in [2.05, 4.69) is 5.10 Å². The number of thiophene rings is 1. The van der Waals surface area contributed by atoms with Crippen molar-refractivity contribution in [1.82, 2.24) is 19.0 Å². The van der Waals surface area contributed by atoms with E-state index >= 15 is 0 Å². The number of likely N-dealkylation sites (N-methyl/N-ethyl adjacent to an activating group) is 2. The minimum atomic E-state index is -3.67. The third-order valence-corrected chi connectivity index (χ3v) is 8.28. The van der Waals surface area contributed by atoms with Crippen LogP contribution in [-0.2, 0) is 34.3 Å². The average Bonchev–Trinajstić information content (AvgIpc) is 3.29. The van der Waals surface area contributed by atoms with Crippen molar-refractivity contribution >= 4 is 38.2 Å². The van der Waals surface area contributed by atoms with E-state index in [1.54, 1.807) is 18.8 Å². The zero-order valence-corrected chi connectivity index (χ0v) is 17.5. The lowest BCUT2D eigenvalue weighted by molar-refractivity contribution is -0.118. The molecule has 28 heavy (non-hydrogen) atoms. The molecule has 0 bridgehead atoms. The molecule has 2 aliphatic rings. The summed E-state index contributed by atoms with van der Waals surface area (Å²) >= 11 is 1.32. The van der Waals surface area contributed by atoms with Crippen molar-refractivity contribution < 1.29 is 18.0 Å². The fourth-order valence-electron chi connectivity index (χ4n) is 3.51. The number of aryl methyl sites for hydroxylation is 1. The summed E-state index contributed by atoms with van der Waals surface area (Å²) in [7, 11) is -0.405. The summed E-state index contributed by atoms with van der Waals surface area (Å²) in [6.07, 6.45) is 3.33. The van der Waals surface area contributed by atoms with Gasteiger partial charge in [0.2, 0.25) is 15.9 Å². The standard InChI is InChI=1S/C17H21N5O4S2/c1-4-21-8-11(7-18-21)28(25,26)22-6-5-12-13(9-22)27-17-15(12)16(24)19(2)10-14(23)20(17)3/h7-8H,4-6,9-10H2,1-3H3. The van der Waals surface area contributed by atoms with Gasteiger partial charge in [0, 0.05) is 44.8 Å². The molecule has 2 aromatic heterocycles. The molecule has 4 rings (SSSR count). The second-order valence-electron chi connectivity index (χ2n) is 6.92. The molecule has 9 nitrogen and oxygen atoms in total. The first-order chi connectivity index (χ1) is 13.2. The van der Waals surface area contributed by atoms with Crippen LogP contribution in [0.4, 0.5) is 5.00 Å². The van der Waals surface area contributed by atoms with E-state index in [1.165, 1.54) is 37.8 Å². The molecule has 2 amide bonds. The van der Waals surface area contributed by atoms with E-state index in [9.17, 15) is 18.0 Å². The van der Waals surface area contributed by atoms with Crippen LogP contribution in [0.25, 0.3) is 0 Å². The zero-order valence-electron chi connectivity index (χ0n) is 15.9. The molecule has 2 aromatic rings. The Kier molecular flexibility index (Phi) is 4.55. The molecule has 4 heterocycles. The lowest BCUT2D eigenvalue weighted by Crippen LogP contribution is -2.37. The van der Waals surface area contributed by atoms with Gasteiger partial charge in [-0.15, -0.1) is 11.3 Å². The zero-order chi connectivity index (χ0) is 20.2. The first-order valence-electron chi connectivity index (χ1n) is 8.93. The minimum absolute atomic E-state index is 0.0351. The molecule has 0 saturated carbocycles. The molecule has 0 atom stereocenters. The van der Waals surface area contributed by atoms with Gasteiger partial charge < -0.3 is 9.80 Å². The Morgan fingerprint density at radius 2 is 1.96 bits per heavy atom. The van der Waals surface area contributed by atoms with Gasteiger partial charge in [0.05, 0.1) is 11.8 Å². The second-order valence-corrected chi connectivity index (χ2v) is 9.94. The van der Waals surface area contributed by atoms with Crippen molar-refractivity contribution in [3.05, 3.63) is 28.4 Å². The SMILES string of the molecule is CCn1cc(S(=O)(=O)N2CCc3c(sc4c3C(=O)N(C)CC(=O)N4C)C2)cn1. The van der Waals surface area contributed by atoms with Gasteiger partial charge in [0.25, 0.3) is 5.91 Å². The maximum atomic E-state index is 13.0. The topological polar surface area (TPSA) is 95.8 Å². The van der Waals surface area contributed by atoms with Gasteiger partial charge in [-0.05, 0) is 18.9 Å². The van der Waals surface area contributed by atoms with Gasteiger partial charge in [0.15, 0.2) is 0 Å². The highest BCUT2D eigenvalue weighted by Crippen LogP contribution is 2.41. The van der Waals surface area contributed by atoms with Crippen LogP contribution in [0.15, 0.2) is 17.3 Å². The van der Waals surface area contributed by atoms with Crippen molar-refractivity contribution in [3.63, 3.8) is 0 Å². The van der Waals surface area contributed by atoms with Gasteiger partial charge in [-0.2, -0.15) is 9.40 Å². The number of amides is 2. The Balaban J connectivity index is 1.71. The van der Waals surface area contributed by atoms with E-state index in [-0.39, 0.29) is 36.3 Å². The van der Waals surface area contributed by atoms with Crippen molar-refractivity contribution in [2.45, 2.75) is 31.3 Å². The largest absolute Gasteiger partial charge is 0.332 e. The normalized spacial score (nSPS) is 18.2. The Morgan fingerprint density at radius 3 is 2.64 bits per heavy atom. The third kappa shape index (κ3) is 2.85. The number of aromatic nitrogens is 2. The Morgan fingerprint density at radius 1 is 1.21 bits per heavy atom.